The number of nitrogens with zero attached hydrogens (tertiary/aromatic N) is 2. The Morgan fingerprint density at radius 3 is 2.00 bits per heavy atom. The summed E-state index contributed by atoms with van der Waals surface area (Å²) in [6.07, 6.45) is 6.43. The molecular formula is C30H40N2O3. The van der Waals surface area contributed by atoms with Gasteiger partial charge in [-0.3, -0.25) is 9.59 Å². The molecule has 2 heterocycles. The number of ether oxygens (including phenoxy) is 1. The molecule has 0 unspecified atom stereocenters. The molecule has 0 radical (unpaired) electrons. The van der Waals surface area contributed by atoms with E-state index in [1.807, 2.05) is 11.8 Å². The second-order valence-corrected chi connectivity index (χ2v) is 10.1. The van der Waals surface area contributed by atoms with Crippen LogP contribution in [0.25, 0.3) is 11.1 Å². The van der Waals surface area contributed by atoms with Gasteiger partial charge < -0.3 is 14.5 Å². The summed E-state index contributed by atoms with van der Waals surface area (Å²) in [5.74, 6) is -0.00396. The van der Waals surface area contributed by atoms with Crippen LogP contribution in [0.5, 0.6) is 0 Å². The zero-order chi connectivity index (χ0) is 24.6. The van der Waals surface area contributed by atoms with Gasteiger partial charge in [0.25, 0.3) is 0 Å². The van der Waals surface area contributed by atoms with E-state index in [1.54, 1.807) is 0 Å². The molecule has 2 saturated heterocycles. The fourth-order valence-corrected chi connectivity index (χ4v) is 5.36. The summed E-state index contributed by atoms with van der Waals surface area (Å²) in [5, 5.41) is 0. The molecule has 2 fully saturated rings. The van der Waals surface area contributed by atoms with E-state index in [4.69, 9.17) is 4.74 Å². The van der Waals surface area contributed by atoms with Crippen LogP contribution >= 0.6 is 0 Å². The summed E-state index contributed by atoms with van der Waals surface area (Å²) in [6.45, 7) is 8.27. The first kappa shape index (κ1) is 25.4. The van der Waals surface area contributed by atoms with Crippen molar-refractivity contribution in [3.8, 4) is 11.1 Å². The van der Waals surface area contributed by atoms with Crippen molar-refractivity contribution in [3.05, 3.63) is 59.7 Å². The third-order valence-electron chi connectivity index (χ3n) is 7.71. The van der Waals surface area contributed by atoms with Crippen molar-refractivity contribution < 1.29 is 14.3 Å². The Kier molecular flexibility index (Phi) is 8.97. The fraction of sp³-hybridized carbons (Fsp3) is 0.533. The molecule has 2 aromatic rings. The van der Waals surface area contributed by atoms with Crippen LogP contribution in [0.3, 0.4) is 0 Å². The molecule has 4 rings (SSSR count). The molecule has 0 bridgehead atoms. The molecule has 188 valence electrons. The summed E-state index contributed by atoms with van der Waals surface area (Å²) in [5.41, 5.74) is 5.02. The van der Waals surface area contributed by atoms with Crippen LogP contribution in [-0.4, -0.2) is 60.5 Å². The number of carbonyl (C=O) groups is 2. The molecule has 0 saturated carbocycles. The van der Waals surface area contributed by atoms with Gasteiger partial charge in [0.1, 0.15) is 0 Å². The van der Waals surface area contributed by atoms with Crippen molar-refractivity contribution in [3.63, 3.8) is 0 Å². The number of benzene rings is 2. The smallest absolute Gasteiger partial charge is 0.309 e. The lowest BCUT2D eigenvalue weighted by atomic mass is 9.96. The van der Waals surface area contributed by atoms with E-state index < -0.39 is 0 Å². The molecular weight excluding hydrogens is 436 g/mol. The number of piperidine rings is 1. The number of aryl methyl sites for hydroxylation is 1. The molecule has 0 aliphatic carbocycles. The maximum absolute atomic E-state index is 12.7. The van der Waals surface area contributed by atoms with Crippen LogP contribution in [0, 0.1) is 5.92 Å². The summed E-state index contributed by atoms with van der Waals surface area (Å²) in [7, 11) is 0. The first-order chi connectivity index (χ1) is 17.0. The van der Waals surface area contributed by atoms with Crippen LogP contribution in [0.1, 0.15) is 57.1 Å². The molecule has 2 aliphatic rings. The third-order valence-corrected chi connectivity index (χ3v) is 7.71. The van der Waals surface area contributed by atoms with Crippen molar-refractivity contribution in [2.24, 2.45) is 5.92 Å². The van der Waals surface area contributed by atoms with Gasteiger partial charge in [0.15, 0.2) is 0 Å². The molecule has 0 aromatic heterocycles. The lowest BCUT2D eigenvalue weighted by Crippen LogP contribution is -2.40. The number of hydrogen-bond acceptors (Lipinski definition) is 4. The highest BCUT2D eigenvalue weighted by molar-refractivity contribution is 5.77. The molecule has 0 N–H and O–H groups in total. The highest BCUT2D eigenvalue weighted by Crippen LogP contribution is 2.23. The molecule has 5 heteroatoms. The van der Waals surface area contributed by atoms with Gasteiger partial charge in [-0.2, -0.15) is 0 Å². The largest absolute Gasteiger partial charge is 0.466 e. The molecule has 1 amide bonds. The first-order valence-corrected chi connectivity index (χ1v) is 13.4. The zero-order valence-electron chi connectivity index (χ0n) is 21.4. The Balaban J connectivity index is 1.22. The van der Waals surface area contributed by atoms with E-state index in [0.717, 1.165) is 25.4 Å². The van der Waals surface area contributed by atoms with Gasteiger partial charge >= 0.3 is 5.97 Å². The predicted molar refractivity (Wildman–Crippen MR) is 140 cm³/mol. The van der Waals surface area contributed by atoms with E-state index in [2.05, 4.69) is 60.4 Å². The Hall–Kier alpha value is -2.66. The maximum atomic E-state index is 12.7. The van der Waals surface area contributed by atoms with Gasteiger partial charge in [0.05, 0.1) is 12.5 Å². The summed E-state index contributed by atoms with van der Waals surface area (Å²) in [4.78, 5) is 29.0. The van der Waals surface area contributed by atoms with Crippen LogP contribution in [0.2, 0.25) is 0 Å². The molecule has 2 aliphatic heterocycles. The van der Waals surface area contributed by atoms with Crippen molar-refractivity contribution in [2.45, 2.75) is 64.8 Å². The highest BCUT2D eigenvalue weighted by Gasteiger charge is 2.28. The average molecular weight is 477 g/mol. The SMILES string of the molecule is CCOC(=O)C1CCN(C(=O)CCc2ccc(-c3ccc(CCN4CCC[C@H]4C)cc3)cc2)CC1. The van der Waals surface area contributed by atoms with Crippen molar-refractivity contribution >= 4 is 11.9 Å². The fourth-order valence-electron chi connectivity index (χ4n) is 5.36. The highest BCUT2D eigenvalue weighted by atomic mass is 16.5. The Bertz CT molecular complexity index is 962. The van der Waals surface area contributed by atoms with Gasteiger partial charge in [-0.25, -0.2) is 0 Å². The Morgan fingerprint density at radius 1 is 0.857 bits per heavy atom. The quantitative estimate of drug-likeness (QED) is 0.472. The number of carbonyl (C=O) groups excluding carboxylic acids is 2. The van der Waals surface area contributed by atoms with E-state index in [9.17, 15) is 9.59 Å². The van der Waals surface area contributed by atoms with Gasteiger partial charge in [-0.05, 0) is 81.2 Å². The maximum Gasteiger partial charge on any atom is 0.309 e. The van der Waals surface area contributed by atoms with Crippen LogP contribution in [-0.2, 0) is 27.2 Å². The second kappa shape index (κ2) is 12.3. The third kappa shape index (κ3) is 6.94. The van der Waals surface area contributed by atoms with Gasteiger partial charge in [0, 0.05) is 32.1 Å². The number of hydrogen-bond donors (Lipinski definition) is 0. The van der Waals surface area contributed by atoms with Gasteiger partial charge in [-0.15, -0.1) is 0 Å². The first-order valence-electron chi connectivity index (χ1n) is 13.4. The van der Waals surface area contributed by atoms with Crippen molar-refractivity contribution in [2.75, 3.05) is 32.8 Å². The van der Waals surface area contributed by atoms with E-state index in [0.29, 0.717) is 39.0 Å². The van der Waals surface area contributed by atoms with E-state index >= 15 is 0 Å². The van der Waals surface area contributed by atoms with Crippen LogP contribution in [0.15, 0.2) is 48.5 Å². The van der Waals surface area contributed by atoms with Crippen molar-refractivity contribution in [1.82, 2.24) is 9.80 Å². The Morgan fingerprint density at radius 2 is 1.46 bits per heavy atom. The number of likely N-dealkylation sites (tertiary alicyclic amines) is 2. The lowest BCUT2D eigenvalue weighted by molar-refractivity contribution is -0.151. The summed E-state index contributed by atoms with van der Waals surface area (Å²) in [6, 6.07) is 18.3. The van der Waals surface area contributed by atoms with E-state index in [1.165, 1.54) is 41.6 Å². The van der Waals surface area contributed by atoms with Crippen LogP contribution in [0.4, 0.5) is 0 Å². The van der Waals surface area contributed by atoms with Crippen LogP contribution < -0.4 is 0 Å². The molecule has 0 spiro atoms. The minimum Gasteiger partial charge on any atom is -0.466 e. The van der Waals surface area contributed by atoms with Gasteiger partial charge in [0.2, 0.25) is 5.91 Å². The van der Waals surface area contributed by atoms with Gasteiger partial charge in [-0.1, -0.05) is 48.5 Å². The normalized spacial score (nSPS) is 19.1. The molecule has 1 atom stereocenters. The predicted octanol–water partition coefficient (Wildman–Crippen LogP) is 5.11. The molecule has 5 nitrogen and oxygen atoms in total. The number of amides is 1. The van der Waals surface area contributed by atoms with Crippen molar-refractivity contribution in [1.29, 1.82) is 0 Å². The molecule has 35 heavy (non-hydrogen) atoms. The van der Waals surface area contributed by atoms with E-state index in [-0.39, 0.29) is 17.8 Å². The summed E-state index contributed by atoms with van der Waals surface area (Å²) < 4.78 is 5.12. The minimum absolute atomic E-state index is 0.0608. The monoisotopic (exact) mass is 476 g/mol. The summed E-state index contributed by atoms with van der Waals surface area (Å²) >= 11 is 0. The minimum atomic E-state index is -0.119. The second-order valence-electron chi connectivity index (χ2n) is 10.1. The number of rotatable bonds is 9. The molecule has 2 aromatic carbocycles. The lowest BCUT2D eigenvalue weighted by Gasteiger charge is -2.31. The average Bonchev–Trinajstić information content (AvgIpc) is 3.31. The zero-order valence-corrected chi connectivity index (χ0v) is 21.4. The number of esters is 1. The Labute approximate surface area is 210 Å². The topological polar surface area (TPSA) is 49.9 Å². The standard InChI is InChI=1S/C30H40N2O3/c1-3-35-30(34)28-17-21-32(22-18-28)29(33)15-10-24-6-11-26(12-7-24)27-13-8-25(9-14-27)16-20-31-19-4-5-23(31)2/h6-9,11-14,23,28H,3-5,10,15-22H2,1-2H3/t23-/m1/s1.